The first-order valence-corrected chi connectivity index (χ1v) is 5.28. The standard InChI is InChI=1S/C11H10F2N4O2/c1-19-11(18)6-2-3-7(10(13)9(6)12)14-4-8-15-5-16-17-8/h2-3,5,14H,4H2,1H3,(H,15,16,17). The van der Waals surface area contributed by atoms with Crippen LogP contribution in [0.2, 0.25) is 0 Å². The molecule has 0 aliphatic carbocycles. The molecule has 0 aliphatic rings. The normalized spacial score (nSPS) is 10.3. The van der Waals surface area contributed by atoms with E-state index in [-0.39, 0.29) is 12.2 Å². The Morgan fingerprint density at radius 3 is 2.84 bits per heavy atom. The average molecular weight is 268 g/mol. The third-order valence-corrected chi connectivity index (χ3v) is 2.40. The van der Waals surface area contributed by atoms with E-state index in [1.165, 1.54) is 12.4 Å². The van der Waals surface area contributed by atoms with Crippen molar-refractivity contribution in [3.8, 4) is 0 Å². The molecule has 1 aromatic heterocycles. The Morgan fingerprint density at radius 2 is 2.21 bits per heavy atom. The zero-order valence-electron chi connectivity index (χ0n) is 9.91. The molecule has 19 heavy (non-hydrogen) atoms. The number of esters is 1. The van der Waals surface area contributed by atoms with E-state index in [1.54, 1.807) is 0 Å². The number of H-pyrrole nitrogens is 1. The molecule has 100 valence electrons. The molecule has 0 fully saturated rings. The highest BCUT2D eigenvalue weighted by Gasteiger charge is 2.18. The molecule has 0 saturated carbocycles. The van der Waals surface area contributed by atoms with Gasteiger partial charge in [0, 0.05) is 0 Å². The topological polar surface area (TPSA) is 79.9 Å². The molecule has 0 aliphatic heterocycles. The molecular formula is C11H10F2N4O2. The van der Waals surface area contributed by atoms with Crippen molar-refractivity contribution >= 4 is 11.7 Å². The van der Waals surface area contributed by atoms with E-state index in [2.05, 4.69) is 25.2 Å². The monoisotopic (exact) mass is 268 g/mol. The summed E-state index contributed by atoms with van der Waals surface area (Å²) >= 11 is 0. The molecule has 0 bridgehead atoms. The number of rotatable bonds is 4. The number of nitrogens with zero attached hydrogens (tertiary/aromatic N) is 2. The van der Waals surface area contributed by atoms with Crippen molar-refractivity contribution in [2.75, 3.05) is 12.4 Å². The lowest BCUT2D eigenvalue weighted by Gasteiger charge is -2.08. The van der Waals surface area contributed by atoms with Crippen molar-refractivity contribution in [2.45, 2.75) is 6.54 Å². The summed E-state index contributed by atoms with van der Waals surface area (Å²) in [6.45, 7) is 0.147. The van der Waals surface area contributed by atoms with E-state index < -0.39 is 23.2 Å². The number of ether oxygens (including phenoxy) is 1. The number of nitrogens with one attached hydrogen (secondary N) is 2. The number of aromatic amines is 1. The zero-order chi connectivity index (χ0) is 13.8. The largest absolute Gasteiger partial charge is 0.465 e. The highest BCUT2D eigenvalue weighted by atomic mass is 19.2. The van der Waals surface area contributed by atoms with E-state index in [0.29, 0.717) is 5.82 Å². The predicted molar refractivity (Wildman–Crippen MR) is 61.4 cm³/mol. The van der Waals surface area contributed by atoms with Crippen molar-refractivity contribution in [1.82, 2.24) is 15.2 Å². The summed E-state index contributed by atoms with van der Waals surface area (Å²) in [6, 6.07) is 2.40. The number of benzene rings is 1. The van der Waals surface area contributed by atoms with Gasteiger partial charge in [-0.25, -0.2) is 18.6 Å². The Balaban J connectivity index is 2.19. The lowest BCUT2D eigenvalue weighted by atomic mass is 10.2. The van der Waals surface area contributed by atoms with E-state index >= 15 is 0 Å². The van der Waals surface area contributed by atoms with Crippen molar-refractivity contribution in [2.24, 2.45) is 0 Å². The number of carbonyl (C=O) groups excluding carboxylic acids is 1. The number of hydrogen-bond acceptors (Lipinski definition) is 5. The third-order valence-electron chi connectivity index (χ3n) is 2.40. The first-order chi connectivity index (χ1) is 9.13. The summed E-state index contributed by atoms with van der Waals surface area (Å²) in [5.74, 6) is -2.87. The molecule has 0 amide bonds. The summed E-state index contributed by atoms with van der Waals surface area (Å²) in [5, 5.41) is 8.82. The SMILES string of the molecule is COC(=O)c1ccc(NCc2ncn[nH]2)c(F)c1F. The van der Waals surface area contributed by atoms with Gasteiger partial charge in [-0.15, -0.1) is 0 Å². The molecule has 2 N–H and O–H groups in total. The molecule has 0 saturated heterocycles. The molecule has 1 heterocycles. The molecule has 0 unspecified atom stereocenters. The van der Waals surface area contributed by atoms with Gasteiger partial charge >= 0.3 is 5.97 Å². The molecule has 0 atom stereocenters. The number of carbonyl (C=O) groups is 1. The minimum Gasteiger partial charge on any atom is -0.465 e. The third kappa shape index (κ3) is 2.67. The van der Waals surface area contributed by atoms with E-state index in [0.717, 1.165) is 13.2 Å². The summed E-state index contributed by atoms with van der Waals surface area (Å²) in [7, 11) is 1.09. The Labute approximate surface area is 106 Å². The maximum absolute atomic E-state index is 13.7. The van der Waals surface area contributed by atoms with Crippen LogP contribution in [0.1, 0.15) is 16.2 Å². The van der Waals surface area contributed by atoms with Crippen LogP contribution in [0.3, 0.4) is 0 Å². The molecule has 6 nitrogen and oxygen atoms in total. The van der Waals surface area contributed by atoms with Gasteiger partial charge in [-0.05, 0) is 12.1 Å². The molecule has 1 aromatic carbocycles. The lowest BCUT2D eigenvalue weighted by molar-refractivity contribution is 0.0594. The van der Waals surface area contributed by atoms with Crippen LogP contribution in [0.5, 0.6) is 0 Å². The fourth-order valence-electron chi connectivity index (χ4n) is 1.45. The molecular weight excluding hydrogens is 258 g/mol. The minimum absolute atomic E-state index is 0.0819. The molecule has 8 heteroatoms. The van der Waals surface area contributed by atoms with Crippen LogP contribution < -0.4 is 5.32 Å². The van der Waals surface area contributed by atoms with Gasteiger partial charge in [0.25, 0.3) is 0 Å². The second-order valence-electron chi connectivity index (χ2n) is 3.57. The number of anilines is 1. The summed E-state index contributed by atoms with van der Waals surface area (Å²) in [5.41, 5.74) is -0.535. The first kappa shape index (κ1) is 12.9. The molecule has 2 aromatic rings. The highest BCUT2D eigenvalue weighted by Crippen LogP contribution is 2.21. The maximum Gasteiger partial charge on any atom is 0.340 e. The zero-order valence-corrected chi connectivity index (χ0v) is 9.91. The smallest absolute Gasteiger partial charge is 0.340 e. The quantitative estimate of drug-likeness (QED) is 0.821. The van der Waals surface area contributed by atoms with Gasteiger partial charge in [0.05, 0.1) is 24.9 Å². The van der Waals surface area contributed by atoms with Crippen LogP contribution in [0, 0.1) is 11.6 Å². The Hall–Kier alpha value is -2.51. The Kier molecular flexibility index (Phi) is 3.69. The fraction of sp³-hybridized carbons (Fsp3) is 0.182. The summed E-state index contributed by atoms with van der Waals surface area (Å²) in [6.07, 6.45) is 1.30. The second-order valence-corrected chi connectivity index (χ2v) is 3.57. The van der Waals surface area contributed by atoms with Gasteiger partial charge in [-0.3, -0.25) is 5.10 Å². The average Bonchev–Trinajstić information content (AvgIpc) is 2.93. The van der Waals surface area contributed by atoms with Crippen molar-refractivity contribution in [3.05, 3.63) is 41.5 Å². The van der Waals surface area contributed by atoms with Crippen molar-refractivity contribution in [1.29, 1.82) is 0 Å². The van der Waals surface area contributed by atoms with Crippen LogP contribution in [0.15, 0.2) is 18.5 Å². The molecule has 0 spiro atoms. The maximum atomic E-state index is 13.7. The van der Waals surface area contributed by atoms with Crippen molar-refractivity contribution < 1.29 is 18.3 Å². The van der Waals surface area contributed by atoms with Gasteiger partial charge in [0.15, 0.2) is 11.6 Å². The predicted octanol–water partition coefficient (Wildman–Crippen LogP) is 1.48. The van der Waals surface area contributed by atoms with E-state index in [9.17, 15) is 13.6 Å². The number of methoxy groups -OCH3 is 1. The molecule has 0 radical (unpaired) electrons. The second kappa shape index (κ2) is 5.42. The van der Waals surface area contributed by atoms with E-state index in [4.69, 9.17) is 0 Å². The number of hydrogen-bond donors (Lipinski definition) is 2. The first-order valence-electron chi connectivity index (χ1n) is 5.28. The van der Waals surface area contributed by atoms with E-state index in [1.807, 2.05) is 0 Å². The minimum atomic E-state index is -1.26. The number of halogens is 2. The van der Waals surface area contributed by atoms with Crippen LogP contribution >= 0.6 is 0 Å². The Bertz CT molecular complexity index is 587. The van der Waals surface area contributed by atoms with Gasteiger partial charge in [-0.1, -0.05) is 0 Å². The summed E-state index contributed by atoms with van der Waals surface area (Å²) in [4.78, 5) is 15.0. The van der Waals surface area contributed by atoms with Gasteiger partial charge < -0.3 is 10.1 Å². The lowest BCUT2D eigenvalue weighted by Crippen LogP contribution is -2.09. The van der Waals surface area contributed by atoms with Gasteiger partial charge in [0.1, 0.15) is 12.2 Å². The van der Waals surface area contributed by atoms with Crippen molar-refractivity contribution in [3.63, 3.8) is 0 Å². The highest BCUT2D eigenvalue weighted by molar-refractivity contribution is 5.90. The molecule has 2 rings (SSSR count). The van der Waals surface area contributed by atoms with Gasteiger partial charge in [0.2, 0.25) is 0 Å². The van der Waals surface area contributed by atoms with Crippen LogP contribution in [0.4, 0.5) is 14.5 Å². The van der Waals surface area contributed by atoms with Crippen LogP contribution in [0.25, 0.3) is 0 Å². The van der Waals surface area contributed by atoms with Gasteiger partial charge in [-0.2, -0.15) is 5.10 Å². The van der Waals surface area contributed by atoms with Crippen LogP contribution in [-0.2, 0) is 11.3 Å². The van der Waals surface area contributed by atoms with Crippen LogP contribution in [-0.4, -0.2) is 28.3 Å². The number of aromatic nitrogens is 3. The summed E-state index contributed by atoms with van der Waals surface area (Å²) < 4.78 is 31.7. The Morgan fingerprint density at radius 1 is 1.42 bits per heavy atom. The fourth-order valence-corrected chi connectivity index (χ4v) is 1.45.